The van der Waals surface area contributed by atoms with Gasteiger partial charge in [-0.15, -0.1) is 11.8 Å². The highest BCUT2D eigenvalue weighted by Gasteiger charge is 2.34. The summed E-state index contributed by atoms with van der Waals surface area (Å²) in [5.41, 5.74) is 0.0121. The second kappa shape index (κ2) is 4.95. The Morgan fingerprint density at radius 2 is 2.33 bits per heavy atom. The third kappa shape index (κ3) is 2.19. The molecule has 0 saturated carbocycles. The highest BCUT2D eigenvalue weighted by atomic mass is 35.5. The van der Waals surface area contributed by atoms with Gasteiger partial charge in [-0.25, -0.2) is 0 Å². The Kier molecular flexibility index (Phi) is 3.53. The molecule has 0 amide bonds. The number of benzene rings is 1. The van der Waals surface area contributed by atoms with E-state index in [0.717, 1.165) is 0 Å². The van der Waals surface area contributed by atoms with Crippen LogP contribution in [0.25, 0.3) is 0 Å². The maximum atomic E-state index is 11.0. The Balaban J connectivity index is 2.53. The van der Waals surface area contributed by atoms with Gasteiger partial charge in [0.1, 0.15) is 16.9 Å². The lowest BCUT2D eigenvalue weighted by Gasteiger charge is -2.21. The number of nitrogens with zero attached hydrogens (tertiary/aromatic N) is 2. The molecule has 1 atom stereocenters. The van der Waals surface area contributed by atoms with Gasteiger partial charge in [0.2, 0.25) is 0 Å². The minimum absolute atomic E-state index is 0.169. The summed E-state index contributed by atoms with van der Waals surface area (Å²) >= 11 is 6.98. The van der Waals surface area contributed by atoms with Crippen LogP contribution in [0, 0.1) is 15.5 Å². The summed E-state index contributed by atoms with van der Waals surface area (Å²) in [5.74, 6) is 0.519. The van der Waals surface area contributed by atoms with Crippen molar-refractivity contribution in [1.82, 2.24) is 0 Å². The van der Waals surface area contributed by atoms with Crippen molar-refractivity contribution in [2.45, 2.75) is 5.37 Å². The molecule has 6 nitrogen and oxygen atoms in total. The molecule has 1 heterocycles. The smallest absolute Gasteiger partial charge is 0.294 e. The van der Waals surface area contributed by atoms with Crippen molar-refractivity contribution in [1.29, 1.82) is 5.41 Å². The maximum Gasteiger partial charge on any atom is 0.294 e. The molecule has 0 radical (unpaired) electrons. The van der Waals surface area contributed by atoms with Gasteiger partial charge in [-0.3, -0.25) is 15.5 Å². The molecule has 1 aliphatic rings. The molecule has 1 aromatic rings. The summed E-state index contributed by atoms with van der Waals surface area (Å²) in [7, 11) is 0. The molecule has 1 unspecified atom stereocenters. The van der Waals surface area contributed by atoms with E-state index in [9.17, 15) is 14.9 Å². The zero-order valence-corrected chi connectivity index (χ0v) is 10.6. The van der Waals surface area contributed by atoms with Crippen LogP contribution < -0.4 is 4.90 Å². The Hall–Kier alpha value is -1.60. The van der Waals surface area contributed by atoms with Gasteiger partial charge in [0, 0.05) is 11.1 Å². The molecule has 18 heavy (non-hydrogen) atoms. The number of carbonyl (C=O) groups is 1. The summed E-state index contributed by atoms with van der Waals surface area (Å²) in [6.07, 6.45) is 0.671. The molecule has 1 saturated heterocycles. The average Bonchev–Trinajstić information content (AvgIpc) is 2.70. The first-order chi connectivity index (χ1) is 8.54. The lowest BCUT2D eigenvalue weighted by atomic mass is 10.2. The first-order valence-electron chi connectivity index (χ1n) is 4.92. The average molecular weight is 286 g/mol. The Morgan fingerprint density at radius 1 is 1.61 bits per heavy atom. The monoisotopic (exact) mass is 285 g/mol. The topological polar surface area (TPSA) is 87.3 Å². The highest BCUT2D eigenvalue weighted by molar-refractivity contribution is 8.01. The fourth-order valence-electron chi connectivity index (χ4n) is 1.69. The molecule has 94 valence electrons. The second-order valence-corrected chi connectivity index (χ2v) is 5.09. The van der Waals surface area contributed by atoms with Crippen LogP contribution in [-0.4, -0.2) is 28.2 Å². The fourth-order valence-corrected chi connectivity index (χ4v) is 2.79. The van der Waals surface area contributed by atoms with Crippen LogP contribution >= 0.6 is 23.4 Å². The van der Waals surface area contributed by atoms with Crippen LogP contribution in [0.3, 0.4) is 0 Å². The standard InChI is InChI=1S/C10H8ClN3O3S/c11-6-1-2-7(8(3-6)14(16)17)13-9(12)5-18-10(13)4-15/h1-4,10,12H,5H2. The number of hydrogen-bond donors (Lipinski definition) is 1. The predicted molar refractivity (Wildman–Crippen MR) is 70.6 cm³/mol. The molecule has 2 rings (SSSR count). The SMILES string of the molecule is N=C1CSC(C=O)N1c1ccc(Cl)cc1[N+](=O)[O-]. The maximum absolute atomic E-state index is 11.0. The normalized spacial score (nSPS) is 19.1. The van der Waals surface area contributed by atoms with E-state index in [-0.39, 0.29) is 22.2 Å². The van der Waals surface area contributed by atoms with Crippen molar-refractivity contribution in [2.24, 2.45) is 0 Å². The van der Waals surface area contributed by atoms with Crippen LogP contribution in [0.4, 0.5) is 11.4 Å². The van der Waals surface area contributed by atoms with E-state index in [4.69, 9.17) is 17.0 Å². The Morgan fingerprint density at radius 3 is 2.94 bits per heavy atom. The van der Waals surface area contributed by atoms with Gasteiger partial charge >= 0.3 is 0 Å². The number of thioether (sulfide) groups is 1. The van der Waals surface area contributed by atoms with Gasteiger partial charge in [0.15, 0.2) is 6.29 Å². The molecule has 0 spiro atoms. The number of hydrogen-bond acceptors (Lipinski definition) is 5. The first kappa shape index (κ1) is 12.8. The molecular formula is C10H8ClN3O3S. The van der Waals surface area contributed by atoms with Crippen molar-refractivity contribution < 1.29 is 9.72 Å². The van der Waals surface area contributed by atoms with E-state index in [1.165, 1.54) is 34.9 Å². The van der Waals surface area contributed by atoms with Gasteiger partial charge in [0.25, 0.3) is 5.69 Å². The highest BCUT2D eigenvalue weighted by Crippen LogP contribution is 2.37. The van der Waals surface area contributed by atoms with E-state index in [1.807, 2.05) is 0 Å². The van der Waals surface area contributed by atoms with Crippen LogP contribution in [0.5, 0.6) is 0 Å². The summed E-state index contributed by atoms with van der Waals surface area (Å²) in [5, 5.41) is 18.4. The third-order valence-electron chi connectivity index (χ3n) is 2.45. The number of nitro benzene ring substituents is 1. The second-order valence-electron chi connectivity index (χ2n) is 3.54. The Bertz CT molecular complexity index is 537. The lowest BCUT2D eigenvalue weighted by molar-refractivity contribution is -0.384. The van der Waals surface area contributed by atoms with Gasteiger partial charge in [-0.1, -0.05) is 11.6 Å². The number of aldehydes is 1. The van der Waals surface area contributed by atoms with E-state index < -0.39 is 10.3 Å². The number of anilines is 1. The predicted octanol–water partition coefficient (Wildman–Crippen LogP) is 2.30. The molecule has 0 aliphatic carbocycles. The third-order valence-corrected chi connectivity index (χ3v) is 3.78. The minimum Gasteiger partial charge on any atom is -0.304 e. The molecule has 1 aromatic carbocycles. The van der Waals surface area contributed by atoms with Crippen molar-refractivity contribution in [3.8, 4) is 0 Å². The number of nitrogens with one attached hydrogen (secondary N) is 1. The summed E-state index contributed by atoms with van der Waals surface area (Å²) in [6, 6.07) is 4.18. The molecule has 0 bridgehead atoms. The van der Waals surface area contributed by atoms with Crippen LogP contribution in [0.2, 0.25) is 5.02 Å². The van der Waals surface area contributed by atoms with Crippen LogP contribution in [0.1, 0.15) is 0 Å². The molecule has 1 aliphatic heterocycles. The molecule has 0 aromatic heterocycles. The van der Waals surface area contributed by atoms with Crippen molar-refractivity contribution in [3.63, 3.8) is 0 Å². The van der Waals surface area contributed by atoms with Crippen molar-refractivity contribution in [3.05, 3.63) is 33.3 Å². The van der Waals surface area contributed by atoms with Crippen molar-refractivity contribution >= 4 is 46.9 Å². The lowest BCUT2D eigenvalue weighted by Crippen LogP contribution is -2.33. The zero-order chi connectivity index (χ0) is 13.3. The van der Waals surface area contributed by atoms with E-state index in [0.29, 0.717) is 12.0 Å². The van der Waals surface area contributed by atoms with Gasteiger partial charge < -0.3 is 9.69 Å². The molecular weight excluding hydrogens is 278 g/mol. The Labute approximate surface area is 112 Å². The van der Waals surface area contributed by atoms with Gasteiger partial charge in [0.05, 0.1) is 10.7 Å². The van der Waals surface area contributed by atoms with Crippen molar-refractivity contribution in [2.75, 3.05) is 10.7 Å². The minimum atomic E-state index is -0.600. The largest absolute Gasteiger partial charge is 0.304 e. The number of amidine groups is 1. The van der Waals surface area contributed by atoms with E-state index >= 15 is 0 Å². The first-order valence-corrected chi connectivity index (χ1v) is 6.34. The summed E-state index contributed by atoms with van der Waals surface area (Å²) < 4.78 is 0. The number of carbonyl (C=O) groups excluding carboxylic acids is 1. The number of rotatable bonds is 3. The number of halogens is 1. The molecule has 8 heteroatoms. The molecule has 1 fully saturated rings. The summed E-state index contributed by atoms with van der Waals surface area (Å²) in [6.45, 7) is 0. The fraction of sp³-hybridized carbons (Fsp3) is 0.200. The van der Waals surface area contributed by atoms with Crippen LogP contribution in [-0.2, 0) is 4.79 Å². The number of nitro groups is 1. The quantitative estimate of drug-likeness (QED) is 0.523. The van der Waals surface area contributed by atoms with E-state index in [2.05, 4.69) is 0 Å². The van der Waals surface area contributed by atoms with Gasteiger partial charge in [-0.05, 0) is 12.1 Å². The summed E-state index contributed by atoms with van der Waals surface area (Å²) in [4.78, 5) is 22.7. The van der Waals surface area contributed by atoms with E-state index in [1.54, 1.807) is 0 Å². The zero-order valence-electron chi connectivity index (χ0n) is 9.00. The van der Waals surface area contributed by atoms with Crippen LogP contribution in [0.15, 0.2) is 18.2 Å². The van der Waals surface area contributed by atoms with Gasteiger partial charge in [-0.2, -0.15) is 0 Å². The molecule has 1 N–H and O–H groups in total.